The van der Waals surface area contributed by atoms with Crippen LogP contribution in [0.2, 0.25) is 0 Å². The maximum absolute atomic E-state index is 11.2. The normalized spacial score (nSPS) is 12.2. The number of rotatable bonds is 4. The van der Waals surface area contributed by atoms with E-state index in [0.717, 1.165) is 11.1 Å². The van der Waals surface area contributed by atoms with Crippen molar-refractivity contribution >= 4 is 11.4 Å². The van der Waals surface area contributed by atoms with Gasteiger partial charge in [-0.3, -0.25) is 10.1 Å². The molecule has 3 rings (SSSR count). The SMILES string of the molecule is Cc1cccc(CNc2cc3c(cc2[N+](=O)[O-])OCO3)c1. The smallest absolute Gasteiger partial charge is 0.296 e. The first-order valence-corrected chi connectivity index (χ1v) is 6.51. The third kappa shape index (κ3) is 2.74. The highest BCUT2D eigenvalue weighted by molar-refractivity contribution is 5.69. The first kappa shape index (κ1) is 13.2. The second kappa shape index (κ2) is 5.32. The van der Waals surface area contributed by atoms with Crippen LogP contribution < -0.4 is 14.8 Å². The van der Waals surface area contributed by atoms with Crippen LogP contribution in [0, 0.1) is 17.0 Å². The molecule has 1 aliphatic rings. The van der Waals surface area contributed by atoms with Crippen LogP contribution >= 0.6 is 0 Å². The molecule has 0 fully saturated rings. The second-order valence-corrected chi connectivity index (χ2v) is 4.82. The molecule has 0 unspecified atom stereocenters. The minimum atomic E-state index is -0.430. The van der Waals surface area contributed by atoms with Crippen molar-refractivity contribution < 1.29 is 14.4 Å². The molecule has 0 amide bonds. The predicted octanol–water partition coefficient (Wildman–Crippen LogP) is 3.24. The summed E-state index contributed by atoms with van der Waals surface area (Å²) < 4.78 is 10.4. The fourth-order valence-electron chi connectivity index (χ4n) is 2.24. The molecular formula is C15H14N2O4. The minimum absolute atomic E-state index is 0.0214. The molecule has 108 valence electrons. The maximum atomic E-state index is 11.2. The molecule has 1 heterocycles. The predicted molar refractivity (Wildman–Crippen MR) is 77.7 cm³/mol. The van der Waals surface area contributed by atoms with Crippen molar-refractivity contribution in [2.45, 2.75) is 13.5 Å². The summed E-state index contributed by atoms with van der Waals surface area (Å²) in [5.41, 5.74) is 2.61. The van der Waals surface area contributed by atoms with Crippen molar-refractivity contribution in [3.05, 3.63) is 57.6 Å². The second-order valence-electron chi connectivity index (χ2n) is 4.82. The van der Waals surface area contributed by atoms with Gasteiger partial charge in [-0.2, -0.15) is 0 Å². The van der Waals surface area contributed by atoms with Gasteiger partial charge >= 0.3 is 0 Å². The van der Waals surface area contributed by atoms with Crippen molar-refractivity contribution in [2.75, 3.05) is 12.1 Å². The van der Waals surface area contributed by atoms with Gasteiger partial charge < -0.3 is 14.8 Å². The van der Waals surface area contributed by atoms with Gasteiger partial charge in [0.25, 0.3) is 5.69 Å². The highest BCUT2D eigenvalue weighted by Crippen LogP contribution is 2.40. The Morgan fingerprint density at radius 2 is 2.00 bits per heavy atom. The maximum Gasteiger partial charge on any atom is 0.296 e. The van der Waals surface area contributed by atoms with E-state index in [1.807, 2.05) is 31.2 Å². The molecule has 0 saturated heterocycles. The molecule has 0 spiro atoms. The number of ether oxygens (including phenoxy) is 2. The molecule has 0 saturated carbocycles. The zero-order valence-electron chi connectivity index (χ0n) is 11.5. The Hall–Kier alpha value is -2.76. The average molecular weight is 286 g/mol. The molecule has 0 aliphatic carbocycles. The van der Waals surface area contributed by atoms with E-state index >= 15 is 0 Å². The van der Waals surface area contributed by atoms with Gasteiger partial charge in [0, 0.05) is 12.6 Å². The number of nitro groups is 1. The fourth-order valence-corrected chi connectivity index (χ4v) is 2.24. The fraction of sp³-hybridized carbons (Fsp3) is 0.200. The van der Waals surface area contributed by atoms with E-state index in [-0.39, 0.29) is 12.5 Å². The van der Waals surface area contributed by atoms with Crippen molar-refractivity contribution in [2.24, 2.45) is 0 Å². The van der Waals surface area contributed by atoms with Crippen LogP contribution in [0.4, 0.5) is 11.4 Å². The van der Waals surface area contributed by atoms with Crippen molar-refractivity contribution in [3.63, 3.8) is 0 Å². The van der Waals surface area contributed by atoms with Gasteiger partial charge in [0.05, 0.1) is 11.0 Å². The topological polar surface area (TPSA) is 73.6 Å². The zero-order chi connectivity index (χ0) is 14.8. The van der Waals surface area contributed by atoms with E-state index in [0.29, 0.717) is 23.7 Å². The number of aryl methyl sites for hydroxylation is 1. The van der Waals surface area contributed by atoms with Gasteiger partial charge in [-0.25, -0.2) is 0 Å². The lowest BCUT2D eigenvalue weighted by molar-refractivity contribution is -0.384. The molecule has 0 radical (unpaired) electrons. The Morgan fingerprint density at radius 3 is 2.71 bits per heavy atom. The van der Waals surface area contributed by atoms with Crippen LogP contribution in [-0.2, 0) is 6.54 Å². The number of nitrogens with one attached hydrogen (secondary N) is 1. The summed E-state index contributed by atoms with van der Waals surface area (Å²) in [4.78, 5) is 10.7. The monoisotopic (exact) mass is 286 g/mol. The molecule has 1 N–H and O–H groups in total. The lowest BCUT2D eigenvalue weighted by Crippen LogP contribution is -2.03. The Labute approximate surface area is 121 Å². The minimum Gasteiger partial charge on any atom is -0.454 e. The lowest BCUT2D eigenvalue weighted by atomic mass is 10.1. The number of nitrogens with zero attached hydrogens (tertiary/aromatic N) is 1. The zero-order valence-corrected chi connectivity index (χ0v) is 11.5. The van der Waals surface area contributed by atoms with Crippen LogP contribution in [0.5, 0.6) is 11.5 Å². The van der Waals surface area contributed by atoms with Crippen molar-refractivity contribution in [1.29, 1.82) is 0 Å². The first-order valence-electron chi connectivity index (χ1n) is 6.51. The summed E-state index contributed by atoms with van der Waals surface area (Å²) in [6.45, 7) is 2.60. The quantitative estimate of drug-likeness (QED) is 0.690. The third-order valence-electron chi connectivity index (χ3n) is 3.25. The standard InChI is InChI=1S/C15H14N2O4/c1-10-3-2-4-11(5-10)8-16-12-6-14-15(21-9-20-14)7-13(12)17(18)19/h2-7,16H,8-9H2,1H3. The molecule has 1 aliphatic heterocycles. The van der Waals surface area contributed by atoms with Crippen LogP contribution in [0.1, 0.15) is 11.1 Å². The van der Waals surface area contributed by atoms with E-state index in [4.69, 9.17) is 9.47 Å². The molecule has 6 nitrogen and oxygen atoms in total. The van der Waals surface area contributed by atoms with E-state index in [2.05, 4.69) is 5.32 Å². The van der Waals surface area contributed by atoms with E-state index in [9.17, 15) is 10.1 Å². The number of hydrogen-bond acceptors (Lipinski definition) is 5. The molecule has 21 heavy (non-hydrogen) atoms. The summed E-state index contributed by atoms with van der Waals surface area (Å²) in [6, 6.07) is 11.0. The number of anilines is 1. The molecule has 2 aromatic rings. The molecule has 2 aromatic carbocycles. The Morgan fingerprint density at radius 1 is 1.24 bits per heavy atom. The lowest BCUT2D eigenvalue weighted by Gasteiger charge is -2.09. The van der Waals surface area contributed by atoms with Crippen LogP contribution in [0.25, 0.3) is 0 Å². The molecule has 0 bridgehead atoms. The van der Waals surface area contributed by atoms with Crippen molar-refractivity contribution in [1.82, 2.24) is 0 Å². The van der Waals surface area contributed by atoms with Gasteiger partial charge in [0.15, 0.2) is 11.5 Å². The van der Waals surface area contributed by atoms with Gasteiger partial charge in [-0.15, -0.1) is 0 Å². The van der Waals surface area contributed by atoms with E-state index in [1.165, 1.54) is 6.07 Å². The largest absolute Gasteiger partial charge is 0.454 e. The summed E-state index contributed by atoms with van der Waals surface area (Å²) >= 11 is 0. The van der Waals surface area contributed by atoms with E-state index in [1.54, 1.807) is 6.07 Å². The molecule has 0 aromatic heterocycles. The summed E-state index contributed by atoms with van der Waals surface area (Å²) in [6.07, 6.45) is 0. The van der Waals surface area contributed by atoms with Crippen LogP contribution in [0.3, 0.4) is 0 Å². The molecular weight excluding hydrogens is 272 g/mol. The van der Waals surface area contributed by atoms with Crippen molar-refractivity contribution in [3.8, 4) is 11.5 Å². The summed E-state index contributed by atoms with van der Waals surface area (Å²) in [5.74, 6) is 0.926. The Balaban J connectivity index is 1.86. The third-order valence-corrected chi connectivity index (χ3v) is 3.25. The highest BCUT2D eigenvalue weighted by atomic mass is 16.7. The van der Waals surface area contributed by atoms with Gasteiger partial charge in [0.1, 0.15) is 5.69 Å². The highest BCUT2D eigenvalue weighted by Gasteiger charge is 2.23. The first-order chi connectivity index (χ1) is 10.1. The number of hydrogen-bond donors (Lipinski definition) is 1. The number of nitro benzene ring substituents is 1. The summed E-state index contributed by atoms with van der Waals surface area (Å²) in [7, 11) is 0. The van der Waals surface area contributed by atoms with Crippen LogP contribution in [0.15, 0.2) is 36.4 Å². The van der Waals surface area contributed by atoms with Gasteiger partial charge in [0.2, 0.25) is 6.79 Å². The van der Waals surface area contributed by atoms with Crippen LogP contribution in [-0.4, -0.2) is 11.7 Å². The number of benzene rings is 2. The van der Waals surface area contributed by atoms with Gasteiger partial charge in [-0.1, -0.05) is 29.8 Å². The van der Waals surface area contributed by atoms with Gasteiger partial charge in [-0.05, 0) is 12.5 Å². The number of fused-ring (bicyclic) bond motifs is 1. The molecule has 6 heteroatoms. The van der Waals surface area contributed by atoms with E-state index < -0.39 is 4.92 Å². The summed E-state index contributed by atoms with van der Waals surface area (Å²) in [5, 5.41) is 14.2. The average Bonchev–Trinajstić information content (AvgIpc) is 2.91. The molecule has 0 atom stereocenters. The Bertz CT molecular complexity index is 700. The Kier molecular flexibility index (Phi) is 3.35.